The average molecular weight is 687 g/mol. The Kier molecular flexibility index (Phi) is 10.00. The van der Waals surface area contributed by atoms with Crippen molar-refractivity contribution in [3.8, 4) is 17.3 Å². The topological polar surface area (TPSA) is 93.2 Å². The molecule has 0 spiro atoms. The third-order valence-corrected chi connectivity index (χ3v) is 8.23. The van der Waals surface area contributed by atoms with Crippen molar-refractivity contribution in [2.75, 3.05) is 51.3 Å². The van der Waals surface area contributed by atoms with E-state index in [1.165, 1.54) is 18.2 Å². The first-order valence-corrected chi connectivity index (χ1v) is 15.4. The van der Waals surface area contributed by atoms with Crippen LogP contribution in [0.15, 0.2) is 24.3 Å². The monoisotopic (exact) mass is 686 g/mol. The number of aryl methyl sites for hydroxylation is 1. The molecule has 2 aliphatic heterocycles. The zero-order valence-electron chi connectivity index (χ0n) is 26.6. The van der Waals surface area contributed by atoms with E-state index in [1.54, 1.807) is 39.6 Å². The molecule has 10 nitrogen and oxygen atoms in total. The van der Waals surface area contributed by atoms with Gasteiger partial charge in [0.05, 0.1) is 27.9 Å². The van der Waals surface area contributed by atoms with Gasteiger partial charge in [-0.25, -0.2) is 4.79 Å². The normalized spacial score (nSPS) is 19.6. The lowest BCUT2D eigenvalue weighted by atomic mass is 10.0. The maximum absolute atomic E-state index is 14.0. The fraction of sp³-hybridized carbons (Fsp3) is 0.548. The molecule has 2 fully saturated rings. The van der Waals surface area contributed by atoms with Gasteiger partial charge < -0.3 is 24.0 Å². The number of piperazine rings is 1. The molecule has 3 aromatic rings. The van der Waals surface area contributed by atoms with Crippen LogP contribution in [0, 0.1) is 6.92 Å². The number of nitrogens with zero attached hydrogens (tertiary/aromatic N) is 6. The smallest absolute Gasteiger partial charge is 0.418 e. The van der Waals surface area contributed by atoms with Gasteiger partial charge in [-0.1, -0.05) is 11.6 Å². The number of aromatic nitrogens is 3. The number of hydrogen-bond acceptors (Lipinski definition) is 9. The lowest BCUT2D eigenvalue weighted by molar-refractivity contribution is -0.158. The minimum Gasteiger partial charge on any atom is -0.462 e. The van der Waals surface area contributed by atoms with Crippen molar-refractivity contribution in [2.24, 2.45) is 0 Å². The summed E-state index contributed by atoms with van der Waals surface area (Å²) < 4.78 is 83.8. The van der Waals surface area contributed by atoms with Crippen molar-refractivity contribution in [3.05, 3.63) is 40.5 Å². The van der Waals surface area contributed by atoms with Crippen molar-refractivity contribution in [1.29, 1.82) is 0 Å². The van der Waals surface area contributed by atoms with E-state index in [1.807, 2.05) is 9.80 Å². The average Bonchev–Trinajstić information content (AvgIpc) is 3.31. The highest BCUT2D eigenvalue weighted by Gasteiger charge is 2.36. The zero-order valence-corrected chi connectivity index (χ0v) is 27.3. The first kappa shape index (κ1) is 34.8. The number of fused-ring (bicyclic) bond motifs is 1. The molecule has 1 amide bonds. The Morgan fingerprint density at radius 2 is 1.77 bits per heavy atom. The third-order valence-electron chi connectivity index (χ3n) is 7.92. The lowest BCUT2D eigenvalue weighted by Gasteiger charge is -2.36. The summed E-state index contributed by atoms with van der Waals surface area (Å²) in [6, 6.07) is 4.85. The molecule has 0 bridgehead atoms. The van der Waals surface area contributed by atoms with Gasteiger partial charge in [-0.3, -0.25) is 9.88 Å². The molecular formula is C31H36ClF5N6O4. The summed E-state index contributed by atoms with van der Waals surface area (Å²) in [5.41, 5.74) is -1.28. The van der Waals surface area contributed by atoms with E-state index in [0.29, 0.717) is 49.5 Å². The van der Waals surface area contributed by atoms with Gasteiger partial charge in [0.15, 0.2) is 0 Å². The molecule has 0 unspecified atom stereocenters. The van der Waals surface area contributed by atoms with Crippen LogP contribution in [0.25, 0.3) is 22.2 Å². The van der Waals surface area contributed by atoms with E-state index in [9.17, 15) is 26.7 Å². The van der Waals surface area contributed by atoms with Crippen LogP contribution >= 0.6 is 11.6 Å². The highest BCUT2D eigenvalue weighted by molar-refractivity contribution is 6.34. The summed E-state index contributed by atoms with van der Waals surface area (Å²) in [5.74, 6) is 0.411. The molecule has 2 aromatic heterocycles. The number of ether oxygens (including phenoxy) is 3. The van der Waals surface area contributed by atoms with Gasteiger partial charge in [-0.05, 0) is 65.4 Å². The standard InChI is InChI=1S/C31H36ClF5N6O4/c1-17-6-7-22(31(35,36)37)25(38-17)20-14-24-21(13-23(20)32)26(42-8-10-43(11-9-42)29(44)47-30(2,3)4)40-28(39-24)45-16-18-12-19(15-41(18)5)46-27(33)34/h6-7,13-14,18-19,27H,8-12,15-16H2,1-5H3/t18-,19+/m0/s1. The number of hydrogen-bond donors (Lipinski definition) is 0. The highest BCUT2D eigenvalue weighted by atomic mass is 35.5. The molecule has 2 atom stereocenters. The highest BCUT2D eigenvalue weighted by Crippen LogP contribution is 2.41. The summed E-state index contributed by atoms with van der Waals surface area (Å²) >= 11 is 6.65. The molecule has 16 heteroatoms. The van der Waals surface area contributed by atoms with Gasteiger partial charge in [0.1, 0.15) is 18.0 Å². The minimum absolute atomic E-state index is 0.0182. The second kappa shape index (κ2) is 13.5. The third kappa shape index (κ3) is 8.30. The van der Waals surface area contributed by atoms with E-state index in [4.69, 9.17) is 21.1 Å². The van der Waals surface area contributed by atoms with Gasteiger partial charge in [0.2, 0.25) is 0 Å². The fourth-order valence-corrected chi connectivity index (χ4v) is 5.91. The summed E-state index contributed by atoms with van der Waals surface area (Å²) in [5, 5.41) is 0.478. The Morgan fingerprint density at radius 3 is 2.40 bits per heavy atom. The number of pyridine rings is 1. The molecule has 0 N–H and O–H groups in total. The van der Waals surface area contributed by atoms with Crippen LogP contribution in [-0.4, -0.2) is 102 Å². The number of likely N-dealkylation sites (tertiary alicyclic amines) is 1. The quantitative estimate of drug-likeness (QED) is 0.261. The van der Waals surface area contributed by atoms with Crippen molar-refractivity contribution < 1.29 is 41.0 Å². The van der Waals surface area contributed by atoms with Crippen molar-refractivity contribution in [3.63, 3.8) is 0 Å². The number of benzene rings is 1. The van der Waals surface area contributed by atoms with Crippen LogP contribution in [0.2, 0.25) is 5.02 Å². The van der Waals surface area contributed by atoms with Crippen molar-refractivity contribution >= 4 is 34.4 Å². The first-order chi connectivity index (χ1) is 22.0. The van der Waals surface area contributed by atoms with E-state index in [-0.39, 0.29) is 47.0 Å². The Labute approximate surface area is 273 Å². The maximum atomic E-state index is 14.0. The Morgan fingerprint density at radius 1 is 1.06 bits per heavy atom. The fourth-order valence-electron chi connectivity index (χ4n) is 5.66. The molecule has 0 aliphatic carbocycles. The second-order valence-corrected chi connectivity index (χ2v) is 13.0. The maximum Gasteiger partial charge on any atom is 0.418 e. The number of amides is 1. The van der Waals surface area contributed by atoms with E-state index >= 15 is 0 Å². The molecule has 0 radical (unpaired) electrons. The van der Waals surface area contributed by atoms with Crippen LogP contribution in [0.1, 0.15) is 38.4 Å². The van der Waals surface area contributed by atoms with E-state index in [2.05, 4.69) is 19.7 Å². The summed E-state index contributed by atoms with van der Waals surface area (Å²) in [6.45, 7) is 5.75. The minimum atomic E-state index is -4.69. The Balaban J connectivity index is 1.50. The van der Waals surface area contributed by atoms with E-state index in [0.717, 1.165) is 6.07 Å². The number of carbonyl (C=O) groups is 1. The van der Waals surface area contributed by atoms with Crippen molar-refractivity contribution in [2.45, 2.75) is 64.7 Å². The molecule has 47 heavy (non-hydrogen) atoms. The SMILES string of the molecule is Cc1ccc(C(F)(F)F)c(-c2cc3nc(OC[C@@H]4C[C@@H](OC(F)F)CN4C)nc(N4CCN(C(=O)OC(C)(C)C)CC4)c3cc2Cl)n1. The van der Waals surface area contributed by atoms with Gasteiger partial charge in [0, 0.05) is 55.4 Å². The van der Waals surface area contributed by atoms with Crippen molar-refractivity contribution in [1.82, 2.24) is 24.8 Å². The molecule has 5 rings (SSSR count). The van der Waals surface area contributed by atoms with Gasteiger partial charge in [0.25, 0.3) is 0 Å². The van der Waals surface area contributed by atoms with Crippen LogP contribution in [0.5, 0.6) is 6.01 Å². The molecule has 256 valence electrons. The Hall–Kier alpha value is -3.56. The molecular weight excluding hydrogens is 651 g/mol. The predicted molar refractivity (Wildman–Crippen MR) is 165 cm³/mol. The zero-order chi connectivity index (χ0) is 34.3. The number of anilines is 1. The lowest BCUT2D eigenvalue weighted by Crippen LogP contribution is -2.50. The van der Waals surface area contributed by atoms with Crippen LogP contribution in [0.4, 0.5) is 32.6 Å². The van der Waals surface area contributed by atoms with Gasteiger partial charge >= 0.3 is 24.9 Å². The number of alkyl halides is 5. The number of halogens is 6. The van der Waals surface area contributed by atoms with E-state index < -0.39 is 36.1 Å². The molecule has 1 aromatic carbocycles. The first-order valence-electron chi connectivity index (χ1n) is 15.0. The second-order valence-electron chi connectivity index (χ2n) is 12.6. The number of carbonyl (C=O) groups excluding carboxylic acids is 1. The molecule has 2 saturated heterocycles. The number of likely N-dealkylation sites (N-methyl/N-ethyl adjacent to an activating group) is 1. The molecule has 4 heterocycles. The summed E-state index contributed by atoms with van der Waals surface area (Å²) in [4.78, 5) is 31.4. The van der Waals surface area contributed by atoms with Crippen LogP contribution in [-0.2, 0) is 15.7 Å². The Bertz CT molecular complexity index is 1610. The van der Waals surface area contributed by atoms with Gasteiger partial charge in [-0.2, -0.15) is 31.9 Å². The van der Waals surface area contributed by atoms with Gasteiger partial charge in [-0.15, -0.1) is 0 Å². The summed E-state index contributed by atoms with van der Waals surface area (Å²) in [7, 11) is 1.76. The molecule has 2 aliphatic rings. The van der Waals surface area contributed by atoms with Crippen LogP contribution in [0.3, 0.4) is 0 Å². The summed E-state index contributed by atoms with van der Waals surface area (Å²) in [6.07, 6.45) is -5.50. The largest absolute Gasteiger partial charge is 0.462 e. The van der Waals surface area contributed by atoms with Crippen LogP contribution < -0.4 is 9.64 Å². The number of rotatable bonds is 7. The predicted octanol–water partition coefficient (Wildman–Crippen LogP) is 6.42. The molecule has 0 saturated carbocycles.